The number of fused-ring (bicyclic) bond motifs is 1. The molecular formula is C19H35N3O2. The van der Waals surface area contributed by atoms with Gasteiger partial charge < -0.3 is 10.0 Å². The van der Waals surface area contributed by atoms with Crippen molar-refractivity contribution in [2.45, 2.75) is 70.6 Å². The maximum absolute atomic E-state index is 12.9. The van der Waals surface area contributed by atoms with Crippen molar-refractivity contribution in [3.8, 4) is 0 Å². The van der Waals surface area contributed by atoms with E-state index in [0.717, 1.165) is 38.6 Å². The summed E-state index contributed by atoms with van der Waals surface area (Å²) in [5, 5.41) is 9.60. The van der Waals surface area contributed by atoms with Gasteiger partial charge in [0, 0.05) is 44.8 Å². The van der Waals surface area contributed by atoms with Crippen LogP contribution < -0.4 is 0 Å². The Morgan fingerprint density at radius 3 is 2.62 bits per heavy atom. The van der Waals surface area contributed by atoms with E-state index in [0.29, 0.717) is 24.5 Å². The number of piperazine rings is 1. The zero-order chi connectivity index (χ0) is 17.1. The molecule has 1 aliphatic carbocycles. The first-order chi connectivity index (χ1) is 11.5. The van der Waals surface area contributed by atoms with Crippen molar-refractivity contribution in [1.82, 2.24) is 14.7 Å². The van der Waals surface area contributed by atoms with Crippen LogP contribution in [0.4, 0.5) is 0 Å². The van der Waals surface area contributed by atoms with Crippen LogP contribution in [0.3, 0.4) is 0 Å². The zero-order valence-corrected chi connectivity index (χ0v) is 15.5. The van der Waals surface area contributed by atoms with Gasteiger partial charge in [0.15, 0.2) is 0 Å². The molecular weight excluding hydrogens is 302 g/mol. The van der Waals surface area contributed by atoms with Crippen molar-refractivity contribution in [1.29, 1.82) is 0 Å². The van der Waals surface area contributed by atoms with Crippen LogP contribution in [0.15, 0.2) is 0 Å². The predicted molar refractivity (Wildman–Crippen MR) is 95.8 cm³/mol. The number of piperidine rings is 1. The Bertz CT molecular complexity index is 427. The Morgan fingerprint density at radius 1 is 1.12 bits per heavy atom. The predicted octanol–water partition coefficient (Wildman–Crippen LogP) is 1.55. The highest BCUT2D eigenvalue weighted by molar-refractivity contribution is 5.78. The Hall–Kier alpha value is -0.650. The van der Waals surface area contributed by atoms with Gasteiger partial charge >= 0.3 is 0 Å². The number of nitrogens with zero attached hydrogens (tertiary/aromatic N) is 3. The highest BCUT2D eigenvalue weighted by Crippen LogP contribution is 2.35. The molecule has 0 aromatic rings. The van der Waals surface area contributed by atoms with E-state index in [-0.39, 0.29) is 6.10 Å². The zero-order valence-electron chi connectivity index (χ0n) is 15.5. The SMILES string of the molecule is C[C@H](O)CN1CCN(CC(=O)N2CCC[C@@H]3CCCC[C@@H]32)C[C@@H]1C. The van der Waals surface area contributed by atoms with E-state index in [2.05, 4.69) is 21.6 Å². The fourth-order valence-electron chi connectivity index (χ4n) is 5.04. The van der Waals surface area contributed by atoms with Crippen LogP contribution in [0, 0.1) is 5.92 Å². The number of aliphatic hydroxyl groups excluding tert-OH is 1. The van der Waals surface area contributed by atoms with Gasteiger partial charge in [0.1, 0.15) is 0 Å². The highest BCUT2D eigenvalue weighted by atomic mass is 16.3. The van der Waals surface area contributed by atoms with E-state index in [1.165, 1.54) is 38.5 Å². The summed E-state index contributed by atoms with van der Waals surface area (Å²) >= 11 is 0. The minimum absolute atomic E-state index is 0.280. The minimum Gasteiger partial charge on any atom is -0.392 e. The van der Waals surface area contributed by atoms with Gasteiger partial charge in [-0.2, -0.15) is 0 Å². The third kappa shape index (κ3) is 4.30. The molecule has 1 N–H and O–H groups in total. The molecule has 0 aromatic heterocycles. The normalized spacial score (nSPS) is 34.0. The molecule has 0 unspecified atom stereocenters. The van der Waals surface area contributed by atoms with Crippen LogP contribution in [0.5, 0.6) is 0 Å². The number of carbonyl (C=O) groups is 1. The molecule has 24 heavy (non-hydrogen) atoms. The summed E-state index contributed by atoms with van der Waals surface area (Å²) in [4.78, 5) is 19.8. The molecule has 5 heteroatoms. The minimum atomic E-state index is -0.280. The monoisotopic (exact) mass is 337 g/mol. The van der Waals surface area contributed by atoms with Gasteiger partial charge in [-0.25, -0.2) is 0 Å². The van der Waals surface area contributed by atoms with Gasteiger partial charge in [-0.15, -0.1) is 0 Å². The first-order valence-corrected chi connectivity index (χ1v) is 9.98. The lowest BCUT2D eigenvalue weighted by atomic mass is 9.78. The third-order valence-electron chi connectivity index (χ3n) is 6.27. The number of hydrogen-bond acceptors (Lipinski definition) is 4. The topological polar surface area (TPSA) is 47.0 Å². The highest BCUT2D eigenvalue weighted by Gasteiger charge is 2.36. The van der Waals surface area contributed by atoms with Crippen LogP contribution in [0.1, 0.15) is 52.4 Å². The smallest absolute Gasteiger partial charge is 0.237 e. The summed E-state index contributed by atoms with van der Waals surface area (Å²) in [5.41, 5.74) is 0. The average molecular weight is 338 g/mol. The molecule has 3 rings (SSSR count). The lowest BCUT2D eigenvalue weighted by molar-refractivity contribution is -0.139. The Balaban J connectivity index is 1.51. The van der Waals surface area contributed by atoms with Crippen molar-refractivity contribution < 1.29 is 9.90 Å². The second kappa shape index (κ2) is 8.15. The van der Waals surface area contributed by atoms with Gasteiger partial charge in [0.05, 0.1) is 12.6 Å². The molecule has 0 spiro atoms. The number of rotatable bonds is 4. The second-order valence-corrected chi connectivity index (χ2v) is 8.27. The molecule has 2 saturated heterocycles. The first kappa shape index (κ1) is 18.2. The number of carbonyl (C=O) groups excluding carboxylic acids is 1. The summed E-state index contributed by atoms with van der Waals surface area (Å²) in [6.07, 6.45) is 7.41. The maximum Gasteiger partial charge on any atom is 0.237 e. The van der Waals surface area contributed by atoms with Crippen LogP contribution in [-0.4, -0.2) is 83.2 Å². The lowest BCUT2D eigenvalue weighted by Crippen LogP contribution is -2.57. The fraction of sp³-hybridized carbons (Fsp3) is 0.947. The number of aliphatic hydroxyl groups is 1. The van der Waals surface area contributed by atoms with Gasteiger partial charge in [-0.05, 0) is 45.4 Å². The van der Waals surface area contributed by atoms with Crippen molar-refractivity contribution in [3.63, 3.8) is 0 Å². The van der Waals surface area contributed by atoms with Crippen LogP contribution in [0.25, 0.3) is 0 Å². The van der Waals surface area contributed by atoms with Crippen LogP contribution in [-0.2, 0) is 4.79 Å². The first-order valence-electron chi connectivity index (χ1n) is 9.98. The fourth-order valence-corrected chi connectivity index (χ4v) is 5.04. The van der Waals surface area contributed by atoms with Crippen molar-refractivity contribution in [2.75, 3.05) is 39.3 Å². The summed E-state index contributed by atoms with van der Waals surface area (Å²) in [5.74, 6) is 1.11. The standard InChI is InChI=1S/C19H35N3O2/c1-15-12-20(10-11-21(15)13-16(2)23)14-19(24)22-9-5-7-17-6-3-4-8-18(17)22/h15-18,23H,3-14H2,1-2H3/t15-,16-,17-,18-/m0/s1. The average Bonchev–Trinajstić information content (AvgIpc) is 2.56. The van der Waals surface area contributed by atoms with E-state index in [1.54, 1.807) is 0 Å². The third-order valence-corrected chi connectivity index (χ3v) is 6.27. The second-order valence-electron chi connectivity index (χ2n) is 8.27. The summed E-state index contributed by atoms with van der Waals surface area (Å²) in [7, 11) is 0. The van der Waals surface area contributed by atoms with Crippen LogP contribution >= 0.6 is 0 Å². The van der Waals surface area contributed by atoms with Crippen molar-refractivity contribution in [3.05, 3.63) is 0 Å². The molecule has 0 bridgehead atoms. The van der Waals surface area contributed by atoms with Crippen molar-refractivity contribution >= 4 is 5.91 Å². The molecule has 0 radical (unpaired) electrons. The van der Waals surface area contributed by atoms with Gasteiger partial charge in [0.25, 0.3) is 0 Å². The molecule has 2 heterocycles. The van der Waals surface area contributed by atoms with Gasteiger partial charge in [-0.1, -0.05) is 12.8 Å². The van der Waals surface area contributed by atoms with Crippen molar-refractivity contribution in [2.24, 2.45) is 5.92 Å². The van der Waals surface area contributed by atoms with E-state index < -0.39 is 0 Å². The Labute approximate surface area is 147 Å². The lowest BCUT2D eigenvalue weighted by Gasteiger charge is -2.45. The summed E-state index contributed by atoms with van der Waals surface area (Å²) < 4.78 is 0. The Morgan fingerprint density at radius 2 is 1.88 bits per heavy atom. The Kier molecular flexibility index (Phi) is 6.17. The maximum atomic E-state index is 12.9. The van der Waals surface area contributed by atoms with Gasteiger partial charge in [-0.3, -0.25) is 14.6 Å². The van der Waals surface area contributed by atoms with E-state index in [9.17, 15) is 9.90 Å². The quantitative estimate of drug-likeness (QED) is 0.846. The van der Waals surface area contributed by atoms with E-state index in [1.807, 2.05) is 6.92 Å². The molecule has 0 aromatic carbocycles. The van der Waals surface area contributed by atoms with Gasteiger partial charge in [0.2, 0.25) is 5.91 Å². The molecule has 3 aliphatic rings. The number of likely N-dealkylation sites (tertiary alicyclic amines) is 1. The number of amides is 1. The molecule has 1 amide bonds. The molecule has 2 aliphatic heterocycles. The summed E-state index contributed by atoms with van der Waals surface area (Å²) in [6.45, 7) is 9.15. The molecule has 3 fully saturated rings. The molecule has 5 nitrogen and oxygen atoms in total. The van der Waals surface area contributed by atoms with E-state index >= 15 is 0 Å². The molecule has 138 valence electrons. The summed E-state index contributed by atoms with van der Waals surface area (Å²) in [6, 6.07) is 0.930. The van der Waals surface area contributed by atoms with E-state index in [4.69, 9.17) is 0 Å². The molecule has 4 atom stereocenters. The number of β-amino-alcohol motifs (C(OH)–C–C–N with tert-alkyl or cyclic N) is 1. The largest absolute Gasteiger partial charge is 0.392 e. The molecule has 1 saturated carbocycles. The number of hydrogen-bond donors (Lipinski definition) is 1. The van der Waals surface area contributed by atoms with Crippen LogP contribution in [0.2, 0.25) is 0 Å².